The van der Waals surface area contributed by atoms with Crippen LogP contribution in [0.1, 0.15) is 23.7 Å². The first-order chi connectivity index (χ1) is 13.9. The maximum absolute atomic E-state index is 12.8. The van der Waals surface area contributed by atoms with E-state index >= 15 is 0 Å². The van der Waals surface area contributed by atoms with Gasteiger partial charge in [0.25, 0.3) is 5.91 Å². The van der Waals surface area contributed by atoms with Crippen LogP contribution in [0, 0.1) is 10.1 Å². The molecule has 0 unspecified atom stereocenters. The lowest BCUT2D eigenvalue weighted by Gasteiger charge is -2.22. The third kappa shape index (κ3) is 4.68. The van der Waals surface area contributed by atoms with Crippen LogP contribution >= 0.6 is 11.8 Å². The van der Waals surface area contributed by atoms with Crippen LogP contribution in [0.3, 0.4) is 0 Å². The summed E-state index contributed by atoms with van der Waals surface area (Å²) in [6.45, 7) is 2.29. The van der Waals surface area contributed by atoms with Gasteiger partial charge in [0, 0.05) is 22.8 Å². The molecule has 2 aromatic rings. The van der Waals surface area contributed by atoms with Gasteiger partial charge >= 0.3 is 11.7 Å². The molecule has 2 aromatic carbocycles. The number of anilines is 1. The molecule has 1 aliphatic rings. The van der Waals surface area contributed by atoms with Crippen molar-refractivity contribution >= 4 is 35.0 Å². The summed E-state index contributed by atoms with van der Waals surface area (Å²) >= 11 is 1.71. The zero-order chi connectivity index (χ0) is 21.0. The summed E-state index contributed by atoms with van der Waals surface area (Å²) < 4.78 is 10.0. The van der Waals surface area contributed by atoms with Crippen molar-refractivity contribution in [2.24, 2.45) is 0 Å². The minimum atomic E-state index is -0.691. The van der Waals surface area contributed by atoms with Gasteiger partial charge in [-0.05, 0) is 30.7 Å². The van der Waals surface area contributed by atoms with E-state index in [1.54, 1.807) is 16.7 Å². The van der Waals surface area contributed by atoms with Crippen molar-refractivity contribution in [3.8, 4) is 5.75 Å². The molecule has 1 amide bonds. The predicted molar refractivity (Wildman–Crippen MR) is 109 cm³/mol. The smallest absolute Gasteiger partial charge is 0.338 e. The molecular formula is C20H20N2O6S. The summed E-state index contributed by atoms with van der Waals surface area (Å²) in [5, 5.41) is 11.7. The number of rotatable bonds is 5. The molecule has 3 rings (SSSR count). The summed E-state index contributed by atoms with van der Waals surface area (Å²) in [5.41, 5.74) is 0.442. The summed E-state index contributed by atoms with van der Waals surface area (Å²) in [6.07, 6.45) is 0.819. The molecule has 0 aliphatic carbocycles. The van der Waals surface area contributed by atoms with Crippen molar-refractivity contribution < 1.29 is 24.0 Å². The third-order valence-corrected chi connectivity index (χ3v) is 5.71. The number of nitrogens with zero attached hydrogens (tertiary/aromatic N) is 2. The van der Waals surface area contributed by atoms with Crippen molar-refractivity contribution in [3.05, 3.63) is 58.1 Å². The normalized spacial score (nSPS) is 15.8. The van der Waals surface area contributed by atoms with Crippen LogP contribution < -0.4 is 9.64 Å². The van der Waals surface area contributed by atoms with Crippen LogP contribution in [-0.4, -0.2) is 42.3 Å². The number of methoxy groups -OCH3 is 1. The van der Waals surface area contributed by atoms with Crippen molar-refractivity contribution in [2.45, 2.75) is 23.5 Å². The van der Waals surface area contributed by atoms with E-state index in [9.17, 15) is 19.7 Å². The van der Waals surface area contributed by atoms with Gasteiger partial charge in [-0.15, -0.1) is 11.8 Å². The predicted octanol–water partition coefficient (Wildman–Crippen LogP) is 3.68. The van der Waals surface area contributed by atoms with Crippen molar-refractivity contribution in [2.75, 3.05) is 25.2 Å². The number of nitro benzene ring substituents is 1. The van der Waals surface area contributed by atoms with Gasteiger partial charge in [0.1, 0.15) is 0 Å². The van der Waals surface area contributed by atoms with Gasteiger partial charge in [-0.3, -0.25) is 14.9 Å². The Morgan fingerprint density at radius 2 is 2.03 bits per heavy atom. The van der Waals surface area contributed by atoms with E-state index in [2.05, 4.69) is 11.7 Å². The maximum Gasteiger partial charge on any atom is 0.338 e. The van der Waals surface area contributed by atoms with E-state index in [1.165, 1.54) is 19.2 Å². The highest BCUT2D eigenvalue weighted by Crippen LogP contribution is 2.37. The lowest BCUT2D eigenvalue weighted by Crippen LogP contribution is -2.36. The third-order valence-electron chi connectivity index (χ3n) is 4.47. The molecule has 0 bridgehead atoms. The molecule has 9 heteroatoms. The molecule has 0 aromatic heterocycles. The van der Waals surface area contributed by atoms with Crippen molar-refractivity contribution in [1.29, 1.82) is 0 Å². The second-order valence-corrected chi connectivity index (χ2v) is 7.93. The molecule has 0 spiro atoms. The van der Waals surface area contributed by atoms with Crippen LogP contribution in [0.5, 0.6) is 5.75 Å². The fourth-order valence-corrected chi connectivity index (χ4v) is 4.10. The maximum atomic E-state index is 12.8. The van der Waals surface area contributed by atoms with Gasteiger partial charge in [-0.25, -0.2) is 4.79 Å². The monoisotopic (exact) mass is 416 g/mol. The molecule has 1 heterocycles. The van der Waals surface area contributed by atoms with Gasteiger partial charge in [0.2, 0.25) is 0 Å². The van der Waals surface area contributed by atoms with E-state index in [0.717, 1.165) is 23.1 Å². The fourth-order valence-electron chi connectivity index (χ4n) is 2.99. The number of carbonyl (C=O) groups is 2. The molecule has 0 fully saturated rings. The number of hydrogen-bond acceptors (Lipinski definition) is 7. The SMILES string of the molecule is COC(=O)c1ccc(OCC(=O)N2CC[C@@H](C)Sc3ccccc32)c([N+](=O)[O-])c1. The number of thioether (sulfide) groups is 1. The highest BCUT2D eigenvalue weighted by atomic mass is 32.2. The van der Waals surface area contributed by atoms with Crippen LogP contribution in [-0.2, 0) is 9.53 Å². The van der Waals surface area contributed by atoms with Gasteiger partial charge in [-0.2, -0.15) is 0 Å². The molecular weight excluding hydrogens is 396 g/mol. The van der Waals surface area contributed by atoms with Gasteiger partial charge in [0.15, 0.2) is 12.4 Å². The number of ether oxygens (including phenoxy) is 2. The van der Waals surface area contributed by atoms with Crippen LogP contribution in [0.25, 0.3) is 0 Å². The number of para-hydroxylation sites is 1. The fraction of sp³-hybridized carbons (Fsp3) is 0.300. The van der Waals surface area contributed by atoms with Gasteiger partial charge < -0.3 is 14.4 Å². The van der Waals surface area contributed by atoms with Gasteiger partial charge in [0.05, 0.1) is 23.3 Å². The summed E-state index contributed by atoms with van der Waals surface area (Å²) in [6, 6.07) is 11.4. The molecule has 0 N–H and O–H groups in total. The Hall–Kier alpha value is -3.07. The van der Waals surface area contributed by atoms with E-state index in [-0.39, 0.29) is 23.8 Å². The Morgan fingerprint density at radius 3 is 2.76 bits per heavy atom. The number of benzene rings is 2. The number of esters is 1. The topological polar surface area (TPSA) is 99.0 Å². The average Bonchev–Trinajstić information content (AvgIpc) is 2.89. The summed E-state index contributed by atoms with van der Waals surface area (Å²) in [5.74, 6) is -1.07. The number of hydrogen-bond donors (Lipinski definition) is 0. The van der Waals surface area contributed by atoms with E-state index in [0.29, 0.717) is 11.8 Å². The van der Waals surface area contributed by atoms with Crippen LogP contribution in [0.15, 0.2) is 47.4 Å². The number of amides is 1. The zero-order valence-corrected chi connectivity index (χ0v) is 16.8. The largest absolute Gasteiger partial charge is 0.477 e. The summed E-state index contributed by atoms with van der Waals surface area (Å²) in [4.78, 5) is 37.8. The molecule has 1 atom stereocenters. The lowest BCUT2D eigenvalue weighted by molar-refractivity contribution is -0.385. The first kappa shape index (κ1) is 20.7. The Bertz CT molecular complexity index is 948. The number of nitro groups is 1. The van der Waals surface area contributed by atoms with Crippen molar-refractivity contribution in [3.63, 3.8) is 0 Å². The van der Waals surface area contributed by atoms with Crippen molar-refractivity contribution in [1.82, 2.24) is 0 Å². The second-order valence-electron chi connectivity index (χ2n) is 6.45. The standard InChI is InChI=1S/C20H20N2O6S/c1-13-9-10-21(15-5-3-4-6-18(15)29-13)19(23)12-28-17-8-7-14(20(24)27-2)11-16(17)22(25)26/h3-8,11,13H,9-10,12H2,1-2H3/t13-/m1/s1. The minimum absolute atomic E-state index is 0.0327. The lowest BCUT2D eigenvalue weighted by atomic mass is 10.2. The Morgan fingerprint density at radius 1 is 1.28 bits per heavy atom. The molecule has 29 heavy (non-hydrogen) atoms. The minimum Gasteiger partial charge on any atom is -0.477 e. The Labute approximate surface area is 171 Å². The highest BCUT2D eigenvalue weighted by molar-refractivity contribution is 8.00. The first-order valence-corrected chi connectivity index (χ1v) is 9.84. The zero-order valence-electron chi connectivity index (χ0n) is 16.0. The number of carbonyl (C=O) groups excluding carboxylic acids is 2. The summed E-state index contributed by atoms with van der Waals surface area (Å²) in [7, 11) is 1.19. The Balaban J connectivity index is 1.79. The van der Waals surface area contributed by atoms with Gasteiger partial charge in [-0.1, -0.05) is 19.1 Å². The van der Waals surface area contributed by atoms with Crippen LogP contribution in [0.4, 0.5) is 11.4 Å². The van der Waals surface area contributed by atoms with E-state index in [1.807, 2.05) is 24.3 Å². The molecule has 1 aliphatic heterocycles. The molecule has 0 saturated heterocycles. The molecule has 0 saturated carbocycles. The van der Waals surface area contributed by atoms with E-state index < -0.39 is 16.6 Å². The highest BCUT2D eigenvalue weighted by Gasteiger charge is 2.26. The quantitative estimate of drug-likeness (QED) is 0.416. The van der Waals surface area contributed by atoms with E-state index in [4.69, 9.17) is 4.74 Å². The number of fused-ring (bicyclic) bond motifs is 1. The molecule has 8 nitrogen and oxygen atoms in total. The Kier molecular flexibility index (Phi) is 6.38. The molecule has 152 valence electrons. The molecule has 0 radical (unpaired) electrons. The second kappa shape index (κ2) is 8.95. The average molecular weight is 416 g/mol. The van der Waals surface area contributed by atoms with Crippen LogP contribution in [0.2, 0.25) is 0 Å². The first-order valence-electron chi connectivity index (χ1n) is 8.96.